The number of hydrogen-bond donors (Lipinski definition) is 0. The molecule has 24 heavy (non-hydrogen) atoms. The van der Waals surface area contributed by atoms with Crippen LogP contribution in [0.5, 0.6) is 0 Å². The lowest BCUT2D eigenvalue weighted by Gasteiger charge is -2.27. The van der Waals surface area contributed by atoms with Gasteiger partial charge in [0.25, 0.3) is 0 Å². The van der Waals surface area contributed by atoms with Crippen molar-refractivity contribution in [2.45, 2.75) is 37.8 Å². The normalized spacial score (nSPS) is 31.7. The van der Waals surface area contributed by atoms with Gasteiger partial charge >= 0.3 is 0 Å². The highest BCUT2D eigenvalue weighted by Gasteiger charge is 2.62. The molecule has 3 atom stereocenters. The van der Waals surface area contributed by atoms with Crippen LogP contribution in [0.4, 0.5) is 0 Å². The molecule has 2 aromatic rings. The van der Waals surface area contributed by atoms with Crippen molar-refractivity contribution >= 4 is 11.6 Å². The van der Waals surface area contributed by atoms with Gasteiger partial charge in [0.05, 0.1) is 0 Å². The molecule has 2 bridgehead atoms. The number of Topliss-reactive ketones (excluding diaryl/α,β-unsaturated/α-hetero) is 2. The van der Waals surface area contributed by atoms with Crippen LogP contribution in [-0.4, -0.2) is 29.1 Å². The summed E-state index contributed by atoms with van der Waals surface area (Å²) in [5.74, 6) is -1.93. The quantitative estimate of drug-likeness (QED) is 0.852. The topological polar surface area (TPSA) is 52.6 Å². The summed E-state index contributed by atoms with van der Waals surface area (Å²) < 4.78 is 12.0. The Morgan fingerprint density at radius 3 is 2.12 bits per heavy atom. The third-order valence-electron chi connectivity index (χ3n) is 4.93. The smallest absolute Gasteiger partial charge is 0.232 e. The fourth-order valence-electron chi connectivity index (χ4n) is 3.63. The fourth-order valence-corrected chi connectivity index (χ4v) is 3.63. The first-order chi connectivity index (χ1) is 11.4. The fraction of sp³-hybridized carbons (Fsp3) is 0.300. The lowest BCUT2D eigenvalue weighted by molar-refractivity contribution is -0.130. The molecule has 0 aliphatic carbocycles. The Kier molecular flexibility index (Phi) is 3.24. The van der Waals surface area contributed by atoms with Gasteiger partial charge in [0.2, 0.25) is 11.6 Å². The van der Waals surface area contributed by atoms with Gasteiger partial charge in [-0.15, -0.1) is 0 Å². The van der Waals surface area contributed by atoms with Gasteiger partial charge in [0, 0.05) is 17.5 Å². The molecular formula is C20H18O4. The molecule has 1 saturated heterocycles. The zero-order valence-electron chi connectivity index (χ0n) is 13.6. The van der Waals surface area contributed by atoms with Gasteiger partial charge in [-0.25, -0.2) is 0 Å². The summed E-state index contributed by atoms with van der Waals surface area (Å²) in [6.45, 7) is 3.33. The van der Waals surface area contributed by atoms with Crippen LogP contribution in [0.3, 0.4) is 0 Å². The van der Waals surface area contributed by atoms with Crippen molar-refractivity contribution in [2.75, 3.05) is 0 Å². The average Bonchev–Trinajstić information content (AvgIpc) is 2.84. The summed E-state index contributed by atoms with van der Waals surface area (Å²) in [4.78, 5) is 26.0. The van der Waals surface area contributed by atoms with E-state index >= 15 is 0 Å². The van der Waals surface area contributed by atoms with Gasteiger partial charge in [-0.1, -0.05) is 54.6 Å². The van der Waals surface area contributed by atoms with Crippen molar-refractivity contribution in [3.8, 4) is 0 Å². The molecule has 0 N–H and O–H groups in total. The molecule has 2 heterocycles. The molecule has 1 fully saturated rings. The minimum Gasteiger partial charge on any atom is -0.336 e. The third kappa shape index (κ3) is 2.07. The Morgan fingerprint density at radius 1 is 0.875 bits per heavy atom. The van der Waals surface area contributed by atoms with Crippen LogP contribution < -0.4 is 0 Å². The van der Waals surface area contributed by atoms with Crippen LogP contribution in [0.2, 0.25) is 0 Å². The number of hydrogen-bond acceptors (Lipinski definition) is 4. The highest BCUT2D eigenvalue weighted by Crippen LogP contribution is 2.45. The number of ether oxygens (including phenoxy) is 2. The number of rotatable bonds is 2. The second kappa shape index (κ2) is 5.10. The van der Waals surface area contributed by atoms with Crippen LogP contribution in [0.1, 0.15) is 40.1 Å². The summed E-state index contributed by atoms with van der Waals surface area (Å²) >= 11 is 0. The van der Waals surface area contributed by atoms with E-state index in [0.29, 0.717) is 17.5 Å². The zero-order chi connectivity index (χ0) is 16.9. The number of benzene rings is 2. The van der Waals surface area contributed by atoms with Gasteiger partial charge in [-0.05, 0) is 19.4 Å². The monoisotopic (exact) mass is 322 g/mol. The van der Waals surface area contributed by atoms with E-state index in [1.54, 1.807) is 38.1 Å². The van der Waals surface area contributed by atoms with Crippen molar-refractivity contribution in [1.29, 1.82) is 0 Å². The Morgan fingerprint density at radius 2 is 1.46 bits per heavy atom. The molecule has 2 aliphatic rings. The molecule has 0 unspecified atom stereocenters. The second-order valence-electron chi connectivity index (χ2n) is 6.65. The summed E-state index contributed by atoms with van der Waals surface area (Å²) in [5, 5.41) is 0. The predicted molar refractivity (Wildman–Crippen MR) is 88.0 cm³/mol. The molecule has 122 valence electrons. The van der Waals surface area contributed by atoms with Crippen molar-refractivity contribution < 1.29 is 19.1 Å². The van der Waals surface area contributed by atoms with Crippen molar-refractivity contribution in [3.63, 3.8) is 0 Å². The van der Waals surface area contributed by atoms with E-state index in [0.717, 1.165) is 5.56 Å². The first-order valence-electron chi connectivity index (χ1n) is 8.04. The first-order valence-corrected chi connectivity index (χ1v) is 8.04. The number of carbonyl (C=O) groups is 2. The Labute approximate surface area is 140 Å². The zero-order valence-corrected chi connectivity index (χ0v) is 13.6. The number of carbonyl (C=O) groups excluding carboxylic acids is 2. The number of ketones is 2. The molecule has 4 nitrogen and oxygen atoms in total. The number of fused-ring (bicyclic) bond motifs is 3. The molecule has 2 aromatic carbocycles. The van der Waals surface area contributed by atoms with Gasteiger partial charge in [0.15, 0.2) is 11.4 Å². The lowest BCUT2D eigenvalue weighted by atomic mass is 9.84. The van der Waals surface area contributed by atoms with Crippen LogP contribution in [0.15, 0.2) is 54.6 Å². The van der Waals surface area contributed by atoms with Crippen LogP contribution in [-0.2, 0) is 15.9 Å². The highest BCUT2D eigenvalue weighted by molar-refractivity contribution is 6.16. The Balaban J connectivity index is 1.81. The summed E-state index contributed by atoms with van der Waals surface area (Å²) in [6, 6.07) is 16.6. The summed E-state index contributed by atoms with van der Waals surface area (Å²) in [5.41, 5.74) is 0.630. The minimum atomic E-state index is -1.43. The van der Waals surface area contributed by atoms with E-state index < -0.39 is 17.5 Å². The van der Waals surface area contributed by atoms with Gasteiger partial charge < -0.3 is 9.47 Å². The molecule has 0 aromatic heterocycles. The van der Waals surface area contributed by atoms with Crippen molar-refractivity contribution in [1.82, 2.24) is 0 Å². The van der Waals surface area contributed by atoms with E-state index in [4.69, 9.17) is 9.47 Å². The summed E-state index contributed by atoms with van der Waals surface area (Å²) in [6.07, 6.45) is -0.0107. The average molecular weight is 322 g/mol. The Bertz CT molecular complexity index is 829. The maximum absolute atomic E-state index is 13.1. The van der Waals surface area contributed by atoms with E-state index in [1.807, 2.05) is 30.3 Å². The van der Waals surface area contributed by atoms with Gasteiger partial charge in [-0.2, -0.15) is 0 Å². The maximum atomic E-state index is 13.1. The maximum Gasteiger partial charge on any atom is 0.232 e. The molecule has 2 aliphatic heterocycles. The molecular weight excluding hydrogens is 304 g/mol. The molecule has 4 heteroatoms. The predicted octanol–water partition coefficient (Wildman–Crippen LogP) is 3.20. The van der Waals surface area contributed by atoms with Crippen LogP contribution in [0, 0.1) is 0 Å². The lowest BCUT2D eigenvalue weighted by Crippen LogP contribution is -2.46. The highest BCUT2D eigenvalue weighted by atomic mass is 16.8. The second-order valence-corrected chi connectivity index (χ2v) is 6.65. The SMILES string of the molecule is C[C@@]12O[C@@H](Cc3ccccc3)[C@@](C)(O1)C(=O)c1ccccc1C2=O. The molecule has 0 amide bonds. The van der Waals surface area contributed by atoms with E-state index in [2.05, 4.69) is 0 Å². The van der Waals surface area contributed by atoms with Crippen LogP contribution in [0.25, 0.3) is 0 Å². The van der Waals surface area contributed by atoms with Crippen molar-refractivity contribution in [3.05, 3.63) is 71.3 Å². The largest absolute Gasteiger partial charge is 0.336 e. The van der Waals surface area contributed by atoms with Gasteiger partial charge in [0.1, 0.15) is 6.10 Å². The van der Waals surface area contributed by atoms with E-state index in [9.17, 15) is 9.59 Å². The van der Waals surface area contributed by atoms with Crippen molar-refractivity contribution in [2.24, 2.45) is 0 Å². The third-order valence-corrected chi connectivity index (χ3v) is 4.93. The molecule has 0 radical (unpaired) electrons. The standard InChI is InChI=1S/C20H18O4/c1-19-16(12-13-8-4-3-5-9-13)23-20(2,24-19)18(22)15-11-7-6-10-14(15)17(19)21/h3-11,16H,12H2,1-2H3/t16-,19+,20+/m0/s1. The first kappa shape index (κ1) is 15.2. The molecule has 4 rings (SSSR count). The molecule has 0 saturated carbocycles. The molecule has 0 spiro atoms. The van der Waals surface area contributed by atoms with Crippen LogP contribution >= 0.6 is 0 Å². The summed E-state index contributed by atoms with van der Waals surface area (Å²) in [7, 11) is 0. The Hall–Kier alpha value is -2.30. The van der Waals surface area contributed by atoms with E-state index in [-0.39, 0.29) is 11.6 Å². The van der Waals surface area contributed by atoms with E-state index in [1.165, 1.54) is 0 Å². The van der Waals surface area contributed by atoms with Gasteiger partial charge in [-0.3, -0.25) is 9.59 Å². The minimum absolute atomic E-state index is 0.200.